The number of halogens is 1. The Morgan fingerprint density at radius 3 is 2.32 bits per heavy atom. The van der Waals surface area contributed by atoms with E-state index in [0.717, 1.165) is 49.4 Å². The molecular formula is C15H24ClN3. The van der Waals surface area contributed by atoms with Crippen molar-refractivity contribution in [2.75, 3.05) is 38.5 Å². The van der Waals surface area contributed by atoms with Crippen LogP contribution in [0.1, 0.15) is 19.4 Å². The van der Waals surface area contributed by atoms with Crippen molar-refractivity contribution in [1.82, 2.24) is 9.80 Å². The summed E-state index contributed by atoms with van der Waals surface area (Å²) in [6.07, 6.45) is 0. The van der Waals surface area contributed by atoms with Crippen molar-refractivity contribution in [3.05, 3.63) is 28.8 Å². The number of anilines is 1. The minimum absolute atomic E-state index is 0.730. The molecule has 0 aromatic heterocycles. The SMILES string of the molecule is CC(C)CN1CCN(Cc2cc(N)cc(Cl)c2)CC1. The summed E-state index contributed by atoms with van der Waals surface area (Å²) in [5.41, 5.74) is 7.79. The fourth-order valence-electron chi connectivity index (χ4n) is 2.67. The maximum atomic E-state index is 6.04. The Balaban J connectivity index is 1.85. The lowest BCUT2D eigenvalue weighted by atomic mass is 10.1. The number of benzene rings is 1. The Labute approximate surface area is 121 Å². The fraction of sp³-hybridized carbons (Fsp3) is 0.600. The van der Waals surface area contributed by atoms with Crippen LogP contribution in [0.25, 0.3) is 0 Å². The van der Waals surface area contributed by atoms with Gasteiger partial charge in [0.05, 0.1) is 0 Å². The monoisotopic (exact) mass is 281 g/mol. The number of rotatable bonds is 4. The predicted molar refractivity (Wildman–Crippen MR) is 82.4 cm³/mol. The van der Waals surface area contributed by atoms with E-state index in [1.807, 2.05) is 12.1 Å². The molecule has 1 aromatic carbocycles. The first-order valence-corrected chi connectivity index (χ1v) is 7.40. The van der Waals surface area contributed by atoms with E-state index in [4.69, 9.17) is 17.3 Å². The van der Waals surface area contributed by atoms with E-state index in [0.29, 0.717) is 0 Å². The zero-order valence-corrected chi connectivity index (χ0v) is 12.7. The van der Waals surface area contributed by atoms with Crippen molar-refractivity contribution < 1.29 is 0 Å². The van der Waals surface area contributed by atoms with Gasteiger partial charge in [-0.15, -0.1) is 0 Å². The third kappa shape index (κ3) is 4.68. The van der Waals surface area contributed by atoms with Gasteiger partial charge in [0.15, 0.2) is 0 Å². The number of hydrogen-bond acceptors (Lipinski definition) is 3. The average molecular weight is 282 g/mol. The van der Waals surface area contributed by atoms with Gasteiger partial charge in [0.25, 0.3) is 0 Å². The van der Waals surface area contributed by atoms with Gasteiger partial charge in [0.1, 0.15) is 0 Å². The van der Waals surface area contributed by atoms with Gasteiger partial charge in [-0.2, -0.15) is 0 Å². The summed E-state index contributed by atoms with van der Waals surface area (Å²) in [6.45, 7) is 11.3. The Kier molecular flexibility index (Phi) is 5.08. The molecule has 0 spiro atoms. The molecular weight excluding hydrogens is 258 g/mol. The molecule has 0 aliphatic carbocycles. The molecule has 1 heterocycles. The molecule has 3 nitrogen and oxygen atoms in total. The third-order valence-electron chi connectivity index (χ3n) is 3.47. The summed E-state index contributed by atoms with van der Waals surface area (Å²) >= 11 is 6.04. The van der Waals surface area contributed by atoms with Crippen LogP contribution in [0.4, 0.5) is 5.69 Å². The predicted octanol–water partition coefficient (Wildman–Crippen LogP) is 2.70. The molecule has 1 aliphatic heterocycles. The van der Waals surface area contributed by atoms with Crippen molar-refractivity contribution >= 4 is 17.3 Å². The lowest BCUT2D eigenvalue weighted by Gasteiger charge is -2.35. The lowest BCUT2D eigenvalue weighted by molar-refractivity contribution is 0.117. The van der Waals surface area contributed by atoms with E-state index < -0.39 is 0 Å². The van der Waals surface area contributed by atoms with Crippen molar-refractivity contribution in [2.45, 2.75) is 20.4 Å². The molecule has 1 aromatic rings. The van der Waals surface area contributed by atoms with Gasteiger partial charge in [-0.05, 0) is 29.7 Å². The number of hydrogen-bond donors (Lipinski definition) is 1. The maximum absolute atomic E-state index is 6.04. The first-order valence-electron chi connectivity index (χ1n) is 7.02. The van der Waals surface area contributed by atoms with E-state index in [9.17, 15) is 0 Å². The fourth-order valence-corrected chi connectivity index (χ4v) is 2.94. The first-order chi connectivity index (χ1) is 9.02. The normalized spacial score (nSPS) is 18.1. The molecule has 0 bridgehead atoms. The molecule has 0 atom stereocenters. The second-order valence-electron chi connectivity index (χ2n) is 5.86. The highest BCUT2D eigenvalue weighted by atomic mass is 35.5. The Bertz CT molecular complexity index is 392. The van der Waals surface area contributed by atoms with Crippen LogP contribution in [0, 0.1) is 5.92 Å². The number of nitrogen functional groups attached to an aromatic ring is 1. The highest BCUT2D eigenvalue weighted by molar-refractivity contribution is 6.30. The van der Waals surface area contributed by atoms with Gasteiger partial charge in [0.2, 0.25) is 0 Å². The van der Waals surface area contributed by atoms with E-state index in [-0.39, 0.29) is 0 Å². The van der Waals surface area contributed by atoms with Crippen molar-refractivity contribution in [2.24, 2.45) is 5.92 Å². The zero-order chi connectivity index (χ0) is 13.8. The number of nitrogens with two attached hydrogens (primary N) is 1. The smallest absolute Gasteiger partial charge is 0.0429 e. The highest BCUT2D eigenvalue weighted by Crippen LogP contribution is 2.18. The molecule has 0 unspecified atom stereocenters. The molecule has 1 fully saturated rings. The van der Waals surface area contributed by atoms with Gasteiger partial charge in [-0.25, -0.2) is 0 Å². The maximum Gasteiger partial charge on any atom is 0.0429 e. The standard InChI is InChI=1S/C15H24ClN3/c1-12(2)10-18-3-5-19(6-4-18)11-13-7-14(16)9-15(17)8-13/h7-9,12H,3-6,10-11,17H2,1-2H3. The van der Waals surface area contributed by atoms with Crippen molar-refractivity contribution in [1.29, 1.82) is 0 Å². The second kappa shape index (κ2) is 6.60. The lowest BCUT2D eigenvalue weighted by Crippen LogP contribution is -2.46. The van der Waals surface area contributed by atoms with Crippen LogP contribution in [0.2, 0.25) is 5.02 Å². The van der Waals surface area contributed by atoms with Crippen LogP contribution in [0.5, 0.6) is 0 Å². The minimum Gasteiger partial charge on any atom is -0.399 e. The van der Waals surface area contributed by atoms with Crippen LogP contribution in [-0.4, -0.2) is 42.5 Å². The van der Waals surface area contributed by atoms with Crippen molar-refractivity contribution in [3.63, 3.8) is 0 Å². The summed E-state index contributed by atoms with van der Waals surface area (Å²) in [5.74, 6) is 0.749. The quantitative estimate of drug-likeness (QED) is 0.862. The van der Waals surface area contributed by atoms with Crippen LogP contribution < -0.4 is 5.73 Å². The molecule has 4 heteroatoms. The molecule has 106 valence electrons. The van der Waals surface area contributed by atoms with Crippen molar-refractivity contribution in [3.8, 4) is 0 Å². The molecule has 0 amide bonds. The van der Waals surface area contributed by atoms with E-state index >= 15 is 0 Å². The summed E-state index contributed by atoms with van der Waals surface area (Å²) in [4.78, 5) is 5.02. The summed E-state index contributed by atoms with van der Waals surface area (Å²) < 4.78 is 0. The topological polar surface area (TPSA) is 32.5 Å². The first kappa shape index (κ1) is 14.6. The molecule has 0 radical (unpaired) electrons. The molecule has 1 saturated heterocycles. The van der Waals surface area contributed by atoms with Crippen LogP contribution in [0.15, 0.2) is 18.2 Å². The van der Waals surface area contributed by atoms with E-state index in [1.165, 1.54) is 12.1 Å². The van der Waals surface area contributed by atoms with Crippen LogP contribution >= 0.6 is 11.6 Å². The average Bonchev–Trinajstić information content (AvgIpc) is 2.29. The van der Waals surface area contributed by atoms with Gasteiger partial charge < -0.3 is 10.6 Å². The van der Waals surface area contributed by atoms with Crippen LogP contribution in [0.3, 0.4) is 0 Å². The van der Waals surface area contributed by atoms with E-state index in [1.54, 1.807) is 6.07 Å². The Hall–Kier alpha value is -0.770. The molecule has 0 saturated carbocycles. The summed E-state index contributed by atoms with van der Waals surface area (Å²) in [5, 5.41) is 0.730. The third-order valence-corrected chi connectivity index (χ3v) is 3.69. The summed E-state index contributed by atoms with van der Waals surface area (Å²) in [7, 11) is 0. The molecule has 19 heavy (non-hydrogen) atoms. The second-order valence-corrected chi connectivity index (χ2v) is 6.30. The Morgan fingerprint density at radius 1 is 1.11 bits per heavy atom. The zero-order valence-electron chi connectivity index (χ0n) is 11.9. The van der Waals surface area contributed by atoms with Gasteiger partial charge in [0, 0.05) is 50.0 Å². The molecule has 1 aliphatic rings. The van der Waals surface area contributed by atoms with Gasteiger partial charge in [-0.3, -0.25) is 4.90 Å². The molecule has 2 rings (SSSR count). The highest BCUT2D eigenvalue weighted by Gasteiger charge is 2.17. The Morgan fingerprint density at radius 2 is 1.74 bits per heavy atom. The number of nitrogens with zero attached hydrogens (tertiary/aromatic N) is 2. The number of piperazine rings is 1. The van der Waals surface area contributed by atoms with Crippen LogP contribution in [-0.2, 0) is 6.54 Å². The summed E-state index contributed by atoms with van der Waals surface area (Å²) in [6, 6.07) is 5.83. The minimum atomic E-state index is 0.730. The van der Waals surface area contributed by atoms with E-state index in [2.05, 4.69) is 23.6 Å². The largest absolute Gasteiger partial charge is 0.399 e. The van der Waals surface area contributed by atoms with Gasteiger partial charge in [-0.1, -0.05) is 25.4 Å². The molecule has 2 N–H and O–H groups in total. The van der Waals surface area contributed by atoms with Gasteiger partial charge >= 0.3 is 0 Å².